The van der Waals surface area contributed by atoms with Crippen LogP contribution in [0.1, 0.15) is 12.5 Å². The van der Waals surface area contributed by atoms with Crippen molar-refractivity contribution in [2.24, 2.45) is 0 Å². The van der Waals surface area contributed by atoms with Crippen molar-refractivity contribution < 1.29 is 9.90 Å². The van der Waals surface area contributed by atoms with E-state index in [0.717, 1.165) is 23.4 Å². The predicted molar refractivity (Wildman–Crippen MR) is 64.7 cm³/mol. The molecule has 1 N–H and O–H groups in total. The molecule has 0 spiro atoms. The van der Waals surface area contributed by atoms with Crippen molar-refractivity contribution in [2.75, 3.05) is 0 Å². The first-order chi connectivity index (χ1) is 8.22. The van der Waals surface area contributed by atoms with Crippen LogP contribution in [0.15, 0.2) is 36.5 Å². The van der Waals surface area contributed by atoms with Gasteiger partial charge in [0.25, 0.3) is 0 Å². The molecular formula is C13H14N2O2. The fourth-order valence-corrected chi connectivity index (χ4v) is 1.89. The summed E-state index contributed by atoms with van der Waals surface area (Å²) >= 11 is 0. The topological polar surface area (TPSA) is 55.1 Å². The average Bonchev–Trinajstić information content (AvgIpc) is 2.72. The Kier molecular flexibility index (Phi) is 3.23. The Morgan fingerprint density at radius 1 is 1.35 bits per heavy atom. The summed E-state index contributed by atoms with van der Waals surface area (Å²) in [6.45, 7) is 2.72. The quantitative estimate of drug-likeness (QED) is 0.876. The third kappa shape index (κ3) is 2.36. The van der Waals surface area contributed by atoms with E-state index in [1.54, 1.807) is 6.20 Å². The number of hydrogen-bond acceptors (Lipinski definition) is 2. The van der Waals surface area contributed by atoms with Crippen LogP contribution in [0.5, 0.6) is 0 Å². The van der Waals surface area contributed by atoms with E-state index < -0.39 is 5.97 Å². The highest BCUT2D eigenvalue weighted by Gasteiger charge is 2.14. The van der Waals surface area contributed by atoms with Crippen molar-refractivity contribution in [3.8, 4) is 11.3 Å². The van der Waals surface area contributed by atoms with Crippen molar-refractivity contribution >= 4 is 5.97 Å². The van der Waals surface area contributed by atoms with Gasteiger partial charge in [0, 0.05) is 17.7 Å². The molecule has 0 fully saturated rings. The molecule has 1 heterocycles. The normalized spacial score (nSPS) is 10.4. The smallest absolute Gasteiger partial charge is 0.307 e. The first-order valence-electron chi connectivity index (χ1n) is 5.54. The number of carboxylic acids is 1. The molecule has 0 saturated heterocycles. The lowest BCUT2D eigenvalue weighted by Crippen LogP contribution is -2.03. The van der Waals surface area contributed by atoms with E-state index in [-0.39, 0.29) is 6.42 Å². The van der Waals surface area contributed by atoms with Gasteiger partial charge in [-0.1, -0.05) is 30.3 Å². The molecule has 0 atom stereocenters. The molecule has 88 valence electrons. The zero-order valence-corrected chi connectivity index (χ0v) is 9.63. The molecule has 4 heteroatoms. The van der Waals surface area contributed by atoms with Gasteiger partial charge in [-0.25, -0.2) is 0 Å². The summed E-state index contributed by atoms with van der Waals surface area (Å²) in [5, 5.41) is 13.1. The van der Waals surface area contributed by atoms with Gasteiger partial charge in [-0.15, -0.1) is 0 Å². The number of carboxylic acid groups (broad SMARTS) is 1. The summed E-state index contributed by atoms with van der Waals surface area (Å²) in [6.07, 6.45) is 1.64. The number of nitrogens with zero attached hydrogens (tertiary/aromatic N) is 2. The van der Waals surface area contributed by atoms with Gasteiger partial charge in [0.1, 0.15) is 0 Å². The van der Waals surface area contributed by atoms with Crippen LogP contribution < -0.4 is 0 Å². The number of rotatable bonds is 4. The molecule has 2 aromatic rings. The van der Waals surface area contributed by atoms with E-state index >= 15 is 0 Å². The lowest BCUT2D eigenvalue weighted by Gasteiger charge is -2.07. The van der Waals surface area contributed by atoms with E-state index in [4.69, 9.17) is 5.11 Å². The van der Waals surface area contributed by atoms with Crippen LogP contribution in [-0.4, -0.2) is 20.9 Å². The Balaban J connectivity index is 2.49. The van der Waals surface area contributed by atoms with Gasteiger partial charge in [0.15, 0.2) is 0 Å². The van der Waals surface area contributed by atoms with E-state index in [1.807, 2.05) is 41.9 Å². The molecule has 0 unspecified atom stereocenters. The Morgan fingerprint density at radius 3 is 2.65 bits per heavy atom. The van der Waals surface area contributed by atoms with Gasteiger partial charge in [0.05, 0.1) is 18.3 Å². The predicted octanol–water partition coefficient (Wildman–Crippen LogP) is 2.20. The molecule has 0 radical (unpaired) electrons. The van der Waals surface area contributed by atoms with Crippen LogP contribution in [0.25, 0.3) is 11.3 Å². The maximum Gasteiger partial charge on any atom is 0.307 e. The van der Waals surface area contributed by atoms with E-state index in [1.165, 1.54) is 0 Å². The monoisotopic (exact) mass is 230 g/mol. The van der Waals surface area contributed by atoms with Crippen molar-refractivity contribution in [2.45, 2.75) is 19.9 Å². The zero-order chi connectivity index (χ0) is 12.3. The largest absolute Gasteiger partial charge is 0.481 e. The first kappa shape index (κ1) is 11.4. The van der Waals surface area contributed by atoms with Gasteiger partial charge in [-0.3, -0.25) is 9.48 Å². The van der Waals surface area contributed by atoms with Crippen LogP contribution in [0, 0.1) is 0 Å². The van der Waals surface area contributed by atoms with Crippen molar-refractivity contribution in [1.82, 2.24) is 9.78 Å². The van der Waals surface area contributed by atoms with Crippen molar-refractivity contribution in [3.05, 3.63) is 42.1 Å². The molecular weight excluding hydrogens is 216 g/mol. The van der Waals surface area contributed by atoms with E-state index in [9.17, 15) is 4.79 Å². The summed E-state index contributed by atoms with van der Waals surface area (Å²) in [4.78, 5) is 10.8. The lowest BCUT2D eigenvalue weighted by atomic mass is 10.1. The van der Waals surface area contributed by atoms with Gasteiger partial charge in [-0.05, 0) is 6.92 Å². The third-order valence-electron chi connectivity index (χ3n) is 2.60. The van der Waals surface area contributed by atoms with Crippen LogP contribution in [-0.2, 0) is 17.8 Å². The molecule has 2 rings (SSSR count). The maximum absolute atomic E-state index is 10.8. The van der Waals surface area contributed by atoms with Gasteiger partial charge in [-0.2, -0.15) is 5.10 Å². The average molecular weight is 230 g/mol. The van der Waals surface area contributed by atoms with Crippen molar-refractivity contribution in [3.63, 3.8) is 0 Å². The van der Waals surface area contributed by atoms with Crippen LogP contribution in [0.3, 0.4) is 0 Å². The Hall–Kier alpha value is -2.10. The number of aliphatic carboxylic acids is 1. The number of hydrogen-bond donors (Lipinski definition) is 1. The number of carbonyl (C=O) groups is 1. The fourth-order valence-electron chi connectivity index (χ4n) is 1.89. The minimum atomic E-state index is -0.835. The highest BCUT2D eigenvalue weighted by atomic mass is 16.4. The molecule has 0 aliphatic heterocycles. The van der Waals surface area contributed by atoms with Gasteiger partial charge >= 0.3 is 5.97 Å². The van der Waals surface area contributed by atoms with Crippen LogP contribution in [0.4, 0.5) is 0 Å². The molecule has 0 saturated carbocycles. The summed E-state index contributed by atoms with van der Waals surface area (Å²) in [5.41, 5.74) is 2.66. The third-order valence-corrected chi connectivity index (χ3v) is 2.60. The maximum atomic E-state index is 10.8. The second-order valence-electron chi connectivity index (χ2n) is 3.77. The number of benzene rings is 1. The Bertz CT molecular complexity index is 517. The molecule has 0 aliphatic carbocycles. The highest BCUT2D eigenvalue weighted by Crippen LogP contribution is 2.23. The first-order valence-corrected chi connectivity index (χ1v) is 5.54. The SMILES string of the molecule is CCn1ncc(CC(=O)O)c1-c1ccccc1. The van der Waals surface area contributed by atoms with Crippen LogP contribution in [0.2, 0.25) is 0 Å². The molecule has 1 aromatic heterocycles. The number of aromatic nitrogens is 2. The second kappa shape index (κ2) is 4.82. The van der Waals surface area contributed by atoms with Gasteiger partial charge in [0.2, 0.25) is 0 Å². The lowest BCUT2D eigenvalue weighted by molar-refractivity contribution is -0.136. The highest BCUT2D eigenvalue weighted by molar-refractivity contribution is 5.75. The standard InChI is InChI=1S/C13H14N2O2/c1-2-15-13(10-6-4-3-5-7-10)11(9-14-15)8-12(16)17/h3-7,9H,2,8H2,1H3,(H,16,17). The molecule has 0 bridgehead atoms. The number of aryl methyl sites for hydroxylation is 1. The summed E-state index contributed by atoms with van der Waals surface area (Å²) in [7, 11) is 0. The van der Waals surface area contributed by atoms with Crippen LogP contribution >= 0.6 is 0 Å². The summed E-state index contributed by atoms with van der Waals surface area (Å²) in [6, 6.07) is 9.75. The summed E-state index contributed by atoms with van der Waals surface area (Å²) in [5.74, 6) is -0.835. The zero-order valence-electron chi connectivity index (χ0n) is 9.63. The molecule has 17 heavy (non-hydrogen) atoms. The molecule has 4 nitrogen and oxygen atoms in total. The Labute approximate surface area is 99.5 Å². The van der Waals surface area contributed by atoms with E-state index in [0.29, 0.717) is 0 Å². The fraction of sp³-hybridized carbons (Fsp3) is 0.231. The van der Waals surface area contributed by atoms with E-state index in [2.05, 4.69) is 5.10 Å². The summed E-state index contributed by atoms with van der Waals surface area (Å²) < 4.78 is 1.83. The Morgan fingerprint density at radius 2 is 2.06 bits per heavy atom. The van der Waals surface area contributed by atoms with Gasteiger partial charge < -0.3 is 5.11 Å². The molecule has 1 aromatic carbocycles. The minimum Gasteiger partial charge on any atom is -0.481 e. The molecule has 0 amide bonds. The second-order valence-corrected chi connectivity index (χ2v) is 3.77. The molecule has 0 aliphatic rings. The minimum absolute atomic E-state index is 0.00419. The van der Waals surface area contributed by atoms with Crippen molar-refractivity contribution in [1.29, 1.82) is 0 Å².